The standard InChI is InChI=1S/C40H24N6.C38H24N6/c1-2-28-8-9-29-12-15-34(46-40(29)39(28)42-20-1)26-5-3-25(4-6-26)33-17-14-32-22-30(13-16-35(32)44-33)31-10-7-27-11-18-37(45-38(27)23-31)36-19-21-41-24-43-36;1-2-6-25(7-3-1)32-16-14-29-20-27(13-15-33(29)41-32)28-11-10-26-12-17-34(42-35(26)21-28)38-43-36(30-8-4-18-39-23-30)22-37(44-38)31-9-5-19-40-24-31/h1-24H;1-24H. The Labute approximate surface area is 516 Å². The molecule has 0 radical (unpaired) electrons. The molecule has 10 heterocycles. The molecule has 7 aromatic carbocycles. The molecule has 0 amide bonds. The van der Waals surface area contributed by atoms with E-state index < -0.39 is 0 Å². The molecule has 420 valence electrons. The normalized spacial score (nSPS) is 11.3. The molecule has 90 heavy (non-hydrogen) atoms. The largest absolute Gasteiger partial charge is 0.264 e. The van der Waals surface area contributed by atoms with Crippen LogP contribution in [0.2, 0.25) is 0 Å². The van der Waals surface area contributed by atoms with Gasteiger partial charge in [-0.1, -0.05) is 140 Å². The van der Waals surface area contributed by atoms with Gasteiger partial charge in [0.05, 0.1) is 73.0 Å². The van der Waals surface area contributed by atoms with Crippen LogP contribution in [0.25, 0.3) is 167 Å². The highest BCUT2D eigenvalue weighted by molar-refractivity contribution is 6.03. The SMILES string of the molecule is c1ccc(-c2ccc3cc(-c4ccc5ccc(-c6nc(-c7cccnc7)cc(-c7cccnc7)n6)nc5c4)ccc3n2)cc1.c1cnc2c(c1)ccc1ccc(-c3ccc(-c4ccc5cc(-c6ccc7ccc(-c8ccncn8)nc7c6)ccc5n4)cc3)nc12. The van der Waals surface area contributed by atoms with Crippen LogP contribution < -0.4 is 0 Å². The zero-order chi connectivity index (χ0) is 59.7. The van der Waals surface area contributed by atoms with Gasteiger partial charge in [-0.25, -0.2) is 44.9 Å². The minimum atomic E-state index is 0.545. The highest BCUT2D eigenvalue weighted by atomic mass is 14.9. The second kappa shape index (κ2) is 23.0. The summed E-state index contributed by atoms with van der Waals surface area (Å²) in [5.41, 5.74) is 21.7. The summed E-state index contributed by atoms with van der Waals surface area (Å²) in [7, 11) is 0. The van der Waals surface area contributed by atoms with E-state index in [0.717, 1.165) is 155 Å². The fourth-order valence-corrected chi connectivity index (χ4v) is 11.4. The summed E-state index contributed by atoms with van der Waals surface area (Å²) >= 11 is 0. The van der Waals surface area contributed by atoms with Crippen molar-refractivity contribution in [3.05, 3.63) is 292 Å². The van der Waals surface area contributed by atoms with Crippen molar-refractivity contribution in [1.29, 1.82) is 0 Å². The summed E-state index contributed by atoms with van der Waals surface area (Å²) in [6.07, 6.45) is 12.2. The average Bonchev–Trinajstić information content (AvgIpc) is 1.22. The first-order valence-corrected chi connectivity index (χ1v) is 29.4. The van der Waals surface area contributed by atoms with E-state index in [4.69, 9.17) is 34.9 Å². The van der Waals surface area contributed by atoms with Crippen LogP contribution >= 0.6 is 0 Å². The molecule has 0 unspecified atom stereocenters. The average molecular weight is 1150 g/mol. The number of pyridine rings is 8. The third-order valence-electron chi connectivity index (χ3n) is 16.1. The second-order valence-corrected chi connectivity index (χ2v) is 21.8. The topological polar surface area (TPSA) is 155 Å². The first-order chi connectivity index (χ1) is 44.5. The van der Waals surface area contributed by atoms with Crippen molar-refractivity contribution in [2.24, 2.45) is 0 Å². The monoisotopic (exact) mass is 1150 g/mol. The fourth-order valence-electron chi connectivity index (χ4n) is 11.4. The van der Waals surface area contributed by atoms with E-state index in [0.29, 0.717) is 11.5 Å². The summed E-state index contributed by atoms with van der Waals surface area (Å²) in [5.74, 6) is 0.545. The molecule has 0 saturated carbocycles. The van der Waals surface area contributed by atoms with Gasteiger partial charge in [-0.3, -0.25) is 15.0 Å². The predicted octanol–water partition coefficient (Wildman–Crippen LogP) is 18.0. The number of hydrogen-bond acceptors (Lipinski definition) is 12. The number of fused-ring (bicyclic) bond motifs is 7. The summed E-state index contributed by atoms with van der Waals surface area (Å²) < 4.78 is 0. The molecular weight excluding hydrogens is 1100 g/mol. The molecule has 0 bridgehead atoms. The summed E-state index contributed by atoms with van der Waals surface area (Å²) in [4.78, 5) is 56.2. The van der Waals surface area contributed by atoms with Gasteiger partial charge in [0.25, 0.3) is 0 Å². The smallest absolute Gasteiger partial charge is 0.179 e. The van der Waals surface area contributed by atoms with Gasteiger partial charge in [0.1, 0.15) is 12.0 Å². The second-order valence-electron chi connectivity index (χ2n) is 21.8. The van der Waals surface area contributed by atoms with Crippen LogP contribution in [0.1, 0.15) is 0 Å². The Kier molecular flexibility index (Phi) is 13.6. The molecule has 0 aliphatic carbocycles. The molecule has 17 aromatic rings. The lowest BCUT2D eigenvalue weighted by Crippen LogP contribution is -1.98. The highest BCUT2D eigenvalue weighted by Gasteiger charge is 2.15. The van der Waals surface area contributed by atoms with Crippen LogP contribution in [0.4, 0.5) is 0 Å². The fraction of sp³-hybridized carbons (Fsp3) is 0. The number of rotatable bonds is 9. The van der Waals surface area contributed by atoms with E-state index in [1.54, 1.807) is 37.3 Å². The molecule has 0 atom stereocenters. The summed E-state index contributed by atoms with van der Waals surface area (Å²) in [5, 5.41) is 6.48. The van der Waals surface area contributed by atoms with Gasteiger partial charge in [0, 0.05) is 97.3 Å². The molecule has 12 heteroatoms. The predicted molar refractivity (Wildman–Crippen MR) is 360 cm³/mol. The number of nitrogens with zero attached hydrogens (tertiary/aromatic N) is 12. The maximum atomic E-state index is 5.04. The third-order valence-corrected chi connectivity index (χ3v) is 16.1. The molecule has 0 saturated heterocycles. The van der Waals surface area contributed by atoms with Crippen molar-refractivity contribution in [2.75, 3.05) is 0 Å². The Balaban J connectivity index is 0.000000144. The van der Waals surface area contributed by atoms with Crippen molar-refractivity contribution in [1.82, 2.24) is 59.8 Å². The van der Waals surface area contributed by atoms with E-state index >= 15 is 0 Å². The van der Waals surface area contributed by atoms with Gasteiger partial charge in [0.2, 0.25) is 0 Å². The minimum absolute atomic E-state index is 0.545. The summed E-state index contributed by atoms with van der Waals surface area (Å²) in [6, 6.07) is 84.9. The van der Waals surface area contributed by atoms with E-state index in [9.17, 15) is 0 Å². The molecule has 0 aliphatic heterocycles. The maximum absolute atomic E-state index is 5.04. The Morgan fingerprint density at radius 1 is 0.200 bits per heavy atom. The lowest BCUT2D eigenvalue weighted by atomic mass is 10.0. The first kappa shape index (κ1) is 53.0. The number of benzene rings is 7. The zero-order valence-electron chi connectivity index (χ0n) is 48.1. The van der Waals surface area contributed by atoms with Crippen LogP contribution in [0.15, 0.2) is 292 Å². The summed E-state index contributed by atoms with van der Waals surface area (Å²) in [6.45, 7) is 0. The van der Waals surface area contributed by atoms with Gasteiger partial charge in [-0.2, -0.15) is 0 Å². The molecule has 10 aromatic heterocycles. The van der Waals surface area contributed by atoms with Gasteiger partial charge in [0.15, 0.2) is 5.82 Å². The van der Waals surface area contributed by atoms with Crippen LogP contribution in [0.5, 0.6) is 0 Å². The quantitative estimate of drug-likeness (QED) is 0.126. The molecule has 0 N–H and O–H groups in total. The van der Waals surface area contributed by atoms with Crippen molar-refractivity contribution >= 4 is 65.4 Å². The van der Waals surface area contributed by atoms with E-state index in [-0.39, 0.29) is 0 Å². The molecule has 0 aliphatic rings. The Hall–Kier alpha value is -12.5. The third kappa shape index (κ3) is 10.6. The van der Waals surface area contributed by atoms with E-state index in [1.165, 1.54) is 0 Å². The van der Waals surface area contributed by atoms with Gasteiger partial charge in [-0.05, 0) is 131 Å². The van der Waals surface area contributed by atoms with Crippen molar-refractivity contribution in [2.45, 2.75) is 0 Å². The van der Waals surface area contributed by atoms with Crippen LogP contribution in [-0.2, 0) is 0 Å². The van der Waals surface area contributed by atoms with Crippen LogP contribution in [-0.4, -0.2) is 59.8 Å². The zero-order valence-corrected chi connectivity index (χ0v) is 48.1. The van der Waals surface area contributed by atoms with E-state index in [2.05, 4.69) is 201 Å². The van der Waals surface area contributed by atoms with Gasteiger partial charge in [-0.15, -0.1) is 0 Å². The molecule has 0 fully saturated rings. The van der Waals surface area contributed by atoms with E-state index in [1.807, 2.05) is 79.0 Å². The van der Waals surface area contributed by atoms with Gasteiger partial charge >= 0.3 is 0 Å². The number of aromatic nitrogens is 12. The molecule has 17 rings (SSSR count). The molecule has 0 spiro atoms. The number of hydrogen-bond donors (Lipinski definition) is 0. The van der Waals surface area contributed by atoms with Gasteiger partial charge < -0.3 is 0 Å². The Morgan fingerprint density at radius 2 is 0.656 bits per heavy atom. The van der Waals surface area contributed by atoms with Crippen LogP contribution in [0, 0.1) is 0 Å². The van der Waals surface area contributed by atoms with Crippen molar-refractivity contribution < 1.29 is 0 Å². The lowest BCUT2D eigenvalue weighted by Gasteiger charge is -2.10. The minimum Gasteiger partial charge on any atom is -0.264 e. The molecular formula is C78H48N12. The van der Waals surface area contributed by atoms with Crippen LogP contribution in [0.3, 0.4) is 0 Å². The highest BCUT2D eigenvalue weighted by Crippen LogP contribution is 2.34. The molecule has 12 nitrogen and oxygen atoms in total. The Bertz CT molecular complexity index is 5480. The van der Waals surface area contributed by atoms with Crippen molar-refractivity contribution in [3.63, 3.8) is 0 Å². The maximum Gasteiger partial charge on any atom is 0.179 e. The first-order valence-electron chi connectivity index (χ1n) is 29.4. The Morgan fingerprint density at radius 3 is 1.24 bits per heavy atom. The lowest BCUT2D eigenvalue weighted by molar-refractivity contribution is 1.15. The van der Waals surface area contributed by atoms with Crippen molar-refractivity contribution in [3.8, 4) is 101 Å².